The molecule has 0 saturated heterocycles. The number of nitrogens with one attached hydrogen (secondary N) is 2. The number of carbonyl (C=O) groups is 2. The van der Waals surface area contributed by atoms with Crippen molar-refractivity contribution in [3.8, 4) is 0 Å². The van der Waals surface area contributed by atoms with Gasteiger partial charge in [0.25, 0.3) is 0 Å². The summed E-state index contributed by atoms with van der Waals surface area (Å²) in [6, 6.07) is 5.04. The highest BCUT2D eigenvalue weighted by Crippen LogP contribution is 2.14. The molecule has 0 radical (unpaired) electrons. The molecule has 1 aromatic carbocycles. The van der Waals surface area contributed by atoms with Gasteiger partial charge in [0.1, 0.15) is 6.54 Å². The summed E-state index contributed by atoms with van der Waals surface area (Å²) < 4.78 is 35.6. The number of amides is 2. The minimum Gasteiger partial charge on any atom is -0.479 e. The fourth-order valence-corrected chi connectivity index (χ4v) is 1.30. The van der Waals surface area contributed by atoms with Crippen LogP contribution in [0.3, 0.4) is 0 Å². The molecule has 2 amide bonds. The number of aliphatic carboxylic acids is 1. The van der Waals surface area contributed by atoms with E-state index in [0.29, 0.717) is 0 Å². The Morgan fingerprint density at radius 1 is 1.21 bits per heavy atom. The maximum Gasteiger partial charge on any atom is 0.405 e. The Morgan fingerprint density at radius 2 is 1.79 bits per heavy atom. The Kier molecular flexibility index (Phi) is 4.74. The molecule has 0 fully saturated rings. The lowest BCUT2D eigenvalue weighted by Gasteiger charge is -2.16. The van der Waals surface area contributed by atoms with Crippen molar-refractivity contribution in [1.29, 1.82) is 0 Å². The maximum atomic E-state index is 11.9. The van der Waals surface area contributed by atoms with Crippen LogP contribution in [0, 0.1) is 0 Å². The summed E-state index contributed by atoms with van der Waals surface area (Å²) in [6.07, 6.45) is -4.55. The standard InChI is InChI=1S/C11H11F3N2O3/c12-11(13,14)6-15-10(19)16-8(9(17)18)7-4-2-1-3-5-7/h1-5,8H,6H2,(H,17,18)(H2,15,16,19)/t8-/m0/s1. The highest BCUT2D eigenvalue weighted by atomic mass is 19.4. The SMILES string of the molecule is O=C(NCC(F)(F)F)N[C@H](C(=O)O)c1ccccc1. The van der Waals surface area contributed by atoms with E-state index in [1.54, 1.807) is 18.2 Å². The summed E-state index contributed by atoms with van der Waals surface area (Å²) in [7, 11) is 0. The zero-order chi connectivity index (χ0) is 14.5. The van der Waals surface area contributed by atoms with Crippen LogP contribution >= 0.6 is 0 Å². The second-order valence-electron chi connectivity index (χ2n) is 3.62. The molecule has 1 atom stereocenters. The fourth-order valence-electron chi connectivity index (χ4n) is 1.30. The van der Waals surface area contributed by atoms with Crippen molar-refractivity contribution in [2.45, 2.75) is 12.2 Å². The molecule has 104 valence electrons. The van der Waals surface area contributed by atoms with Gasteiger partial charge in [-0.05, 0) is 5.56 Å². The first-order chi connectivity index (χ1) is 8.79. The molecule has 0 aliphatic heterocycles. The highest BCUT2D eigenvalue weighted by Gasteiger charge is 2.29. The molecule has 0 heterocycles. The van der Waals surface area contributed by atoms with Gasteiger partial charge in [-0.3, -0.25) is 0 Å². The lowest BCUT2D eigenvalue weighted by molar-refractivity contribution is -0.139. The molecule has 0 aliphatic carbocycles. The van der Waals surface area contributed by atoms with E-state index in [0.717, 1.165) is 0 Å². The molecule has 19 heavy (non-hydrogen) atoms. The topological polar surface area (TPSA) is 78.4 Å². The molecule has 0 saturated carbocycles. The molecular weight excluding hydrogens is 265 g/mol. The van der Waals surface area contributed by atoms with Gasteiger partial charge in [-0.25, -0.2) is 9.59 Å². The molecular formula is C11H11F3N2O3. The first-order valence-electron chi connectivity index (χ1n) is 5.18. The molecule has 0 aromatic heterocycles. The number of halogens is 3. The Labute approximate surface area is 106 Å². The maximum absolute atomic E-state index is 11.9. The summed E-state index contributed by atoms with van der Waals surface area (Å²) in [4.78, 5) is 22.2. The van der Waals surface area contributed by atoms with Gasteiger partial charge < -0.3 is 15.7 Å². The number of benzene rings is 1. The third-order valence-corrected chi connectivity index (χ3v) is 2.10. The van der Waals surface area contributed by atoms with Crippen LogP contribution in [0.1, 0.15) is 11.6 Å². The van der Waals surface area contributed by atoms with Gasteiger partial charge in [0.15, 0.2) is 6.04 Å². The van der Waals surface area contributed by atoms with Crippen LogP contribution < -0.4 is 10.6 Å². The number of carbonyl (C=O) groups excluding carboxylic acids is 1. The van der Waals surface area contributed by atoms with E-state index in [-0.39, 0.29) is 5.56 Å². The molecule has 5 nitrogen and oxygen atoms in total. The van der Waals surface area contributed by atoms with E-state index in [9.17, 15) is 22.8 Å². The van der Waals surface area contributed by atoms with Crippen molar-refractivity contribution in [1.82, 2.24) is 10.6 Å². The largest absolute Gasteiger partial charge is 0.479 e. The van der Waals surface area contributed by atoms with Crippen molar-refractivity contribution >= 4 is 12.0 Å². The minimum absolute atomic E-state index is 0.261. The van der Waals surface area contributed by atoms with Gasteiger partial charge in [0.05, 0.1) is 0 Å². The Balaban J connectivity index is 2.65. The smallest absolute Gasteiger partial charge is 0.405 e. The van der Waals surface area contributed by atoms with Crippen molar-refractivity contribution in [2.75, 3.05) is 6.54 Å². The van der Waals surface area contributed by atoms with E-state index in [1.165, 1.54) is 17.4 Å². The summed E-state index contributed by atoms with van der Waals surface area (Å²) >= 11 is 0. The van der Waals surface area contributed by atoms with Crippen LogP contribution in [-0.2, 0) is 4.79 Å². The van der Waals surface area contributed by atoms with Crippen molar-refractivity contribution in [3.63, 3.8) is 0 Å². The van der Waals surface area contributed by atoms with Crippen LogP contribution in [0.25, 0.3) is 0 Å². The molecule has 8 heteroatoms. The zero-order valence-corrected chi connectivity index (χ0v) is 9.57. The second kappa shape index (κ2) is 6.07. The van der Waals surface area contributed by atoms with E-state index in [4.69, 9.17) is 5.11 Å². The van der Waals surface area contributed by atoms with Crippen LogP contribution in [0.4, 0.5) is 18.0 Å². The number of hydrogen-bond donors (Lipinski definition) is 3. The Morgan fingerprint density at radius 3 is 2.26 bits per heavy atom. The lowest BCUT2D eigenvalue weighted by Crippen LogP contribution is -2.44. The third-order valence-electron chi connectivity index (χ3n) is 2.10. The van der Waals surface area contributed by atoms with Gasteiger partial charge in [-0.1, -0.05) is 30.3 Å². The Hall–Kier alpha value is -2.25. The molecule has 0 aliphatic rings. The van der Waals surface area contributed by atoms with Gasteiger partial charge in [-0.15, -0.1) is 0 Å². The number of rotatable bonds is 4. The third kappa shape index (κ3) is 5.28. The number of urea groups is 1. The van der Waals surface area contributed by atoms with Crippen molar-refractivity contribution < 1.29 is 27.9 Å². The van der Waals surface area contributed by atoms with Crippen molar-refractivity contribution in [2.24, 2.45) is 0 Å². The summed E-state index contributed by atoms with van der Waals surface area (Å²) in [5.41, 5.74) is 0.261. The van der Waals surface area contributed by atoms with Crippen molar-refractivity contribution in [3.05, 3.63) is 35.9 Å². The summed E-state index contributed by atoms with van der Waals surface area (Å²) in [6.45, 7) is -1.53. The van der Waals surface area contributed by atoms with Gasteiger partial charge in [-0.2, -0.15) is 13.2 Å². The van der Waals surface area contributed by atoms with E-state index in [1.807, 2.05) is 5.32 Å². The van der Waals surface area contributed by atoms with Gasteiger partial charge >= 0.3 is 18.2 Å². The predicted octanol–water partition coefficient (Wildman–Crippen LogP) is 1.67. The average Bonchev–Trinajstić information content (AvgIpc) is 2.33. The lowest BCUT2D eigenvalue weighted by atomic mass is 10.1. The monoisotopic (exact) mass is 276 g/mol. The molecule has 3 N–H and O–H groups in total. The number of carboxylic acid groups (broad SMARTS) is 1. The summed E-state index contributed by atoms with van der Waals surface area (Å²) in [5.74, 6) is -1.37. The average molecular weight is 276 g/mol. The van der Waals surface area contributed by atoms with Crippen LogP contribution in [-0.4, -0.2) is 29.8 Å². The molecule has 1 rings (SSSR count). The van der Waals surface area contributed by atoms with Crippen LogP contribution in [0.15, 0.2) is 30.3 Å². The zero-order valence-electron chi connectivity index (χ0n) is 9.57. The van der Waals surface area contributed by atoms with E-state index >= 15 is 0 Å². The molecule has 0 unspecified atom stereocenters. The van der Waals surface area contributed by atoms with E-state index < -0.39 is 30.8 Å². The molecule has 0 spiro atoms. The molecule has 0 bridgehead atoms. The van der Waals surface area contributed by atoms with E-state index in [2.05, 4.69) is 0 Å². The number of carboxylic acids is 1. The second-order valence-corrected chi connectivity index (χ2v) is 3.62. The van der Waals surface area contributed by atoms with Crippen LogP contribution in [0.5, 0.6) is 0 Å². The quantitative estimate of drug-likeness (QED) is 0.782. The number of alkyl halides is 3. The van der Waals surface area contributed by atoms with Gasteiger partial charge in [0, 0.05) is 0 Å². The van der Waals surface area contributed by atoms with Crippen LogP contribution in [0.2, 0.25) is 0 Å². The first-order valence-corrected chi connectivity index (χ1v) is 5.18. The highest BCUT2D eigenvalue weighted by molar-refractivity contribution is 5.83. The minimum atomic E-state index is -4.55. The predicted molar refractivity (Wildman–Crippen MR) is 59.4 cm³/mol. The fraction of sp³-hybridized carbons (Fsp3) is 0.273. The normalized spacial score (nSPS) is 12.6. The molecule has 1 aromatic rings. The van der Waals surface area contributed by atoms with Gasteiger partial charge in [0.2, 0.25) is 0 Å². The number of hydrogen-bond acceptors (Lipinski definition) is 2. The first kappa shape index (κ1) is 14.8. The summed E-state index contributed by atoms with van der Waals surface area (Å²) in [5, 5.41) is 12.4. The Bertz CT molecular complexity index is 448.